The fourth-order valence-corrected chi connectivity index (χ4v) is 4.73. The van der Waals surface area contributed by atoms with E-state index in [2.05, 4.69) is 39.0 Å². The minimum atomic E-state index is -0.242. The highest BCUT2D eigenvalue weighted by molar-refractivity contribution is 7.13. The number of methoxy groups -OCH3 is 1. The summed E-state index contributed by atoms with van der Waals surface area (Å²) >= 11 is 1.59. The molecule has 5 aromatic rings. The van der Waals surface area contributed by atoms with Crippen molar-refractivity contribution >= 4 is 33.1 Å². The Labute approximate surface area is 171 Å². The maximum absolute atomic E-state index is 14.0. The van der Waals surface area contributed by atoms with Crippen molar-refractivity contribution in [3.63, 3.8) is 0 Å². The number of aromatic nitrogens is 3. The number of aryl methyl sites for hydroxylation is 1. The van der Waals surface area contributed by atoms with Crippen molar-refractivity contribution in [3.8, 4) is 21.8 Å². The van der Waals surface area contributed by atoms with Gasteiger partial charge in [0.05, 0.1) is 12.3 Å². The predicted molar refractivity (Wildman–Crippen MR) is 117 cm³/mol. The van der Waals surface area contributed by atoms with Gasteiger partial charge in [-0.2, -0.15) is 0 Å². The van der Waals surface area contributed by atoms with E-state index >= 15 is 0 Å². The van der Waals surface area contributed by atoms with E-state index in [1.54, 1.807) is 24.5 Å². The van der Waals surface area contributed by atoms with Crippen LogP contribution in [0.3, 0.4) is 0 Å². The van der Waals surface area contributed by atoms with Crippen LogP contribution in [-0.4, -0.2) is 27.8 Å². The van der Waals surface area contributed by atoms with Crippen molar-refractivity contribution in [2.24, 2.45) is 7.05 Å². The van der Waals surface area contributed by atoms with Gasteiger partial charge in [-0.15, -0.1) is 11.3 Å². The number of benzene rings is 2. The molecular formula is C23H20FN3OS. The predicted octanol–water partition coefficient (Wildman–Crippen LogP) is 5.71. The van der Waals surface area contributed by atoms with Gasteiger partial charge in [-0.3, -0.25) is 0 Å². The summed E-state index contributed by atoms with van der Waals surface area (Å²) in [6, 6.07) is 13.2. The second-order valence-electron chi connectivity index (χ2n) is 7.10. The third-order valence-corrected chi connectivity index (χ3v) is 6.16. The first-order valence-corrected chi connectivity index (χ1v) is 10.3. The molecular weight excluding hydrogens is 385 g/mol. The Morgan fingerprint density at radius 1 is 1.03 bits per heavy atom. The van der Waals surface area contributed by atoms with E-state index in [1.165, 1.54) is 17.0 Å². The van der Waals surface area contributed by atoms with Gasteiger partial charge in [-0.25, -0.2) is 9.37 Å². The molecule has 29 heavy (non-hydrogen) atoms. The van der Waals surface area contributed by atoms with Crippen molar-refractivity contribution in [1.29, 1.82) is 0 Å². The Morgan fingerprint density at radius 3 is 2.76 bits per heavy atom. The molecule has 0 N–H and O–H groups in total. The zero-order chi connectivity index (χ0) is 20.0. The summed E-state index contributed by atoms with van der Waals surface area (Å²) in [6.45, 7) is 1.31. The molecule has 5 rings (SSSR count). The van der Waals surface area contributed by atoms with Gasteiger partial charge >= 0.3 is 0 Å². The zero-order valence-corrected chi connectivity index (χ0v) is 17.0. The van der Waals surface area contributed by atoms with Crippen molar-refractivity contribution in [2.75, 3.05) is 13.7 Å². The van der Waals surface area contributed by atoms with Crippen molar-refractivity contribution < 1.29 is 9.13 Å². The summed E-state index contributed by atoms with van der Waals surface area (Å²) in [5.41, 5.74) is 5.17. The highest BCUT2D eigenvalue weighted by atomic mass is 32.1. The molecule has 0 amide bonds. The number of halogens is 1. The van der Waals surface area contributed by atoms with E-state index in [0.717, 1.165) is 32.7 Å². The molecule has 0 aliphatic heterocycles. The standard InChI is InChI=1S/C23H20FN3OS/c1-26-12-18(16-5-3-4-6-21(16)26)20-14-29-23(25-20)19-13-27(9-10-28-2)22-8-7-15(24)11-17(19)22/h3-8,11-14H,9-10H2,1-2H3. The summed E-state index contributed by atoms with van der Waals surface area (Å²) in [5.74, 6) is -0.242. The smallest absolute Gasteiger partial charge is 0.126 e. The minimum Gasteiger partial charge on any atom is -0.383 e. The molecule has 3 aromatic heterocycles. The van der Waals surface area contributed by atoms with Crippen LogP contribution in [0.1, 0.15) is 0 Å². The molecule has 2 aromatic carbocycles. The zero-order valence-electron chi connectivity index (χ0n) is 16.2. The lowest BCUT2D eigenvalue weighted by atomic mass is 10.1. The van der Waals surface area contributed by atoms with Crippen LogP contribution < -0.4 is 0 Å². The largest absolute Gasteiger partial charge is 0.383 e. The molecule has 0 spiro atoms. The number of hydrogen-bond acceptors (Lipinski definition) is 3. The molecule has 0 saturated heterocycles. The minimum absolute atomic E-state index is 0.242. The quantitative estimate of drug-likeness (QED) is 0.375. The monoisotopic (exact) mass is 405 g/mol. The number of rotatable bonds is 5. The van der Waals surface area contributed by atoms with Crippen LogP contribution >= 0.6 is 11.3 Å². The third-order valence-electron chi connectivity index (χ3n) is 5.29. The fraction of sp³-hybridized carbons (Fsp3) is 0.174. The van der Waals surface area contributed by atoms with Gasteiger partial charge in [-0.1, -0.05) is 18.2 Å². The van der Waals surface area contributed by atoms with Gasteiger partial charge in [0.25, 0.3) is 0 Å². The summed E-state index contributed by atoms with van der Waals surface area (Å²) in [5, 5.41) is 5.02. The molecule has 0 unspecified atom stereocenters. The van der Waals surface area contributed by atoms with E-state index in [-0.39, 0.29) is 5.82 Å². The van der Waals surface area contributed by atoms with Gasteiger partial charge in [0.2, 0.25) is 0 Å². The lowest BCUT2D eigenvalue weighted by molar-refractivity contribution is 0.188. The SMILES string of the molecule is COCCn1cc(-c2nc(-c3cn(C)c4ccccc34)cs2)c2cc(F)ccc21. The number of fused-ring (bicyclic) bond motifs is 2. The number of para-hydroxylation sites is 1. The van der Waals surface area contributed by atoms with E-state index < -0.39 is 0 Å². The average molecular weight is 405 g/mol. The van der Waals surface area contributed by atoms with Crippen molar-refractivity contribution in [2.45, 2.75) is 6.54 Å². The number of nitrogens with zero attached hydrogens (tertiary/aromatic N) is 3. The van der Waals surface area contributed by atoms with Crippen LogP contribution in [-0.2, 0) is 18.3 Å². The van der Waals surface area contributed by atoms with E-state index in [0.29, 0.717) is 13.2 Å². The number of thiazole rings is 1. The van der Waals surface area contributed by atoms with Crippen LogP contribution in [0.25, 0.3) is 43.6 Å². The van der Waals surface area contributed by atoms with Crippen LogP contribution in [0.5, 0.6) is 0 Å². The third kappa shape index (κ3) is 3.05. The van der Waals surface area contributed by atoms with Crippen LogP contribution in [0.15, 0.2) is 60.2 Å². The Bertz CT molecular complexity index is 1330. The fourth-order valence-electron chi connectivity index (χ4n) is 3.88. The molecule has 0 aliphatic carbocycles. The lowest BCUT2D eigenvalue weighted by Crippen LogP contribution is -2.02. The van der Waals surface area contributed by atoms with Crippen molar-refractivity contribution in [3.05, 3.63) is 66.1 Å². The molecule has 0 fully saturated rings. The average Bonchev–Trinajstić information content (AvgIpc) is 3.42. The van der Waals surface area contributed by atoms with Gasteiger partial charge in [0.1, 0.15) is 10.8 Å². The maximum Gasteiger partial charge on any atom is 0.126 e. The normalized spacial score (nSPS) is 11.7. The lowest BCUT2D eigenvalue weighted by Gasteiger charge is -2.03. The first kappa shape index (κ1) is 18.1. The Kier molecular flexibility index (Phi) is 4.45. The molecule has 0 bridgehead atoms. The highest BCUT2D eigenvalue weighted by Crippen LogP contribution is 2.37. The molecule has 146 valence electrons. The number of ether oxygens (including phenoxy) is 1. The van der Waals surface area contributed by atoms with E-state index in [9.17, 15) is 4.39 Å². The summed E-state index contributed by atoms with van der Waals surface area (Å²) in [6.07, 6.45) is 4.17. The molecule has 6 heteroatoms. The molecule has 0 aliphatic rings. The Morgan fingerprint density at radius 2 is 1.90 bits per heavy atom. The molecule has 0 saturated carbocycles. The molecule has 0 radical (unpaired) electrons. The Balaban J connectivity index is 1.63. The van der Waals surface area contributed by atoms with Crippen LogP contribution in [0.2, 0.25) is 0 Å². The highest BCUT2D eigenvalue weighted by Gasteiger charge is 2.16. The van der Waals surface area contributed by atoms with Gasteiger partial charge in [0.15, 0.2) is 0 Å². The Hall–Kier alpha value is -2.96. The van der Waals surface area contributed by atoms with E-state index in [4.69, 9.17) is 9.72 Å². The van der Waals surface area contributed by atoms with Gasteiger partial charge < -0.3 is 13.9 Å². The van der Waals surface area contributed by atoms with E-state index in [1.807, 2.05) is 25.2 Å². The van der Waals surface area contributed by atoms with Crippen LogP contribution in [0, 0.1) is 5.82 Å². The van der Waals surface area contributed by atoms with Crippen LogP contribution in [0.4, 0.5) is 4.39 Å². The van der Waals surface area contributed by atoms with Crippen molar-refractivity contribution in [1.82, 2.24) is 14.1 Å². The summed E-state index contributed by atoms with van der Waals surface area (Å²) in [7, 11) is 3.73. The first-order chi connectivity index (χ1) is 14.2. The molecule has 0 atom stereocenters. The summed E-state index contributed by atoms with van der Waals surface area (Å²) < 4.78 is 23.4. The second kappa shape index (κ2) is 7.13. The molecule has 4 nitrogen and oxygen atoms in total. The van der Waals surface area contributed by atoms with Gasteiger partial charge in [-0.05, 0) is 24.3 Å². The van der Waals surface area contributed by atoms with Gasteiger partial charge in [0, 0.05) is 71.4 Å². The maximum atomic E-state index is 14.0. The summed E-state index contributed by atoms with van der Waals surface area (Å²) in [4.78, 5) is 4.93. The number of hydrogen-bond donors (Lipinski definition) is 0. The topological polar surface area (TPSA) is 32.0 Å². The second-order valence-corrected chi connectivity index (χ2v) is 7.96. The first-order valence-electron chi connectivity index (χ1n) is 9.43. The molecule has 3 heterocycles.